The molecular weight excluding hydrogens is 996 g/mol. The van der Waals surface area contributed by atoms with Gasteiger partial charge in [-0.15, -0.1) is 0 Å². The Kier molecular flexibility index (Phi) is 19.5. The van der Waals surface area contributed by atoms with E-state index < -0.39 is 114 Å². The van der Waals surface area contributed by atoms with Crippen molar-refractivity contribution in [1.29, 1.82) is 0 Å². The number of rotatable bonds is 6. The number of methoxy groups -OCH3 is 3. The van der Waals surface area contributed by atoms with E-state index in [1.165, 1.54) is 12.0 Å². The van der Waals surface area contributed by atoms with E-state index in [1.54, 1.807) is 71.3 Å². The molecular formula is C56H78Cl2N2O14. The van der Waals surface area contributed by atoms with Crippen LogP contribution in [0.3, 0.4) is 0 Å². The molecule has 8 bridgehead atoms. The Morgan fingerprint density at radius 2 is 1.55 bits per heavy atom. The van der Waals surface area contributed by atoms with Crippen LogP contribution in [0, 0.1) is 41.4 Å². The number of halogens is 2. The Bertz CT molecular complexity index is 2290. The number of hydrogen-bond acceptors (Lipinski definition) is 15. The van der Waals surface area contributed by atoms with Crippen molar-refractivity contribution < 1.29 is 67.8 Å². The second kappa shape index (κ2) is 24.8. The second-order valence-corrected chi connectivity index (χ2v) is 22.9. The lowest BCUT2D eigenvalue weighted by atomic mass is 9.68. The molecule has 1 unspecified atom stereocenters. The highest BCUT2D eigenvalue weighted by molar-refractivity contribution is 6.39. The Hall–Kier alpha value is -3.55. The van der Waals surface area contributed by atoms with Gasteiger partial charge in [-0.25, -0.2) is 9.86 Å². The van der Waals surface area contributed by atoms with Crippen molar-refractivity contribution in [2.45, 2.75) is 179 Å². The van der Waals surface area contributed by atoms with Crippen LogP contribution in [0.15, 0.2) is 53.6 Å². The highest BCUT2D eigenvalue weighted by Gasteiger charge is 2.57. The molecule has 3 saturated heterocycles. The van der Waals surface area contributed by atoms with Gasteiger partial charge in [-0.1, -0.05) is 75.2 Å². The van der Waals surface area contributed by atoms with E-state index in [0.29, 0.717) is 79.1 Å². The van der Waals surface area contributed by atoms with Gasteiger partial charge in [0, 0.05) is 64.4 Å². The number of hydrogen-bond donors (Lipinski definition) is 3. The molecule has 3 N–H and O–H groups in total. The van der Waals surface area contributed by atoms with Crippen molar-refractivity contribution in [2.75, 3.05) is 32.9 Å². The van der Waals surface area contributed by atoms with Crippen LogP contribution < -0.4 is 5.06 Å². The molecule has 8 heterocycles. The van der Waals surface area contributed by atoms with Crippen LogP contribution >= 0.6 is 23.2 Å². The van der Waals surface area contributed by atoms with E-state index in [-0.39, 0.29) is 42.8 Å². The predicted octanol–water partition coefficient (Wildman–Crippen LogP) is 7.34. The van der Waals surface area contributed by atoms with Gasteiger partial charge in [0.05, 0.1) is 40.5 Å². The maximum absolute atomic E-state index is 14.7. The largest absolute Gasteiger partial charge is 0.460 e. The summed E-state index contributed by atoms with van der Waals surface area (Å²) in [4.78, 5) is 80.1. The summed E-state index contributed by atoms with van der Waals surface area (Å²) in [6.07, 6.45) is 5.24. The SMILES string of the molecule is CO[C@H]1C[C@@H]2CC[C@@H](C)[C@@](O)(O2)C(=O)C(=O)N2CCCC3[C@H]2C(=O)O[C@@H](CC(=O)[C@H](C)/C=C(\C)[C@@H](O)[C@@H](OC)C(=O)[C@H](C)C[C@H](C)[C@@H]2C=C[C@H](/C=C/1C)ON2c1c(Cl)cccc1Cl)[C@H]3C[C@@H]1CC[C@@H](O)[C@H](OC)C1. The number of ether oxygens (including phenoxy) is 5. The molecule has 1 amide bonds. The number of allylic oxidation sites excluding steroid dienone is 1. The number of ketones is 3. The first-order valence-corrected chi connectivity index (χ1v) is 27.3. The Morgan fingerprint density at radius 3 is 2.23 bits per heavy atom. The first-order chi connectivity index (χ1) is 35.1. The van der Waals surface area contributed by atoms with Crippen LogP contribution in [0.25, 0.3) is 0 Å². The Morgan fingerprint density at radius 1 is 0.838 bits per heavy atom. The first-order valence-electron chi connectivity index (χ1n) is 26.5. The molecule has 4 fully saturated rings. The topological polar surface area (TPSA) is 208 Å². The number of esters is 1. The number of aliphatic hydroxyl groups is 3. The molecule has 8 aliphatic heterocycles. The normalized spacial score (nSPS) is 40.9. The van der Waals surface area contributed by atoms with Crippen molar-refractivity contribution in [2.24, 2.45) is 41.4 Å². The van der Waals surface area contributed by atoms with Gasteiger partial charge in [0.1, 0.15) is 41.9 Å². The number of carbonyl (C=O) groups is 5. The van der Waals surface area contributed by atoms with E-state index in [1.807, 2.05) is 32.1 Å². The van der Waals surface area contributed by atoms with Crippen LogP contribution in [0.1, 0.15) is 112 Å². The zero-order valence-corrected chi connectivity index (χ0v) is 45.8. The number of para-hydroxylation sites is 1. The fourth-order valence-electron chi connectivity index (χ4n) is 12.7. The molecule has 1 saturated carbocycles. The van der Waals surface area contributed by atoms with Crippen LogP contribution in [-0.2, 0) is 52.5 Å². The molecule has 10 rings (SSSR count). The van der Waals surface area contributed by atoms with Crippen molar-refractivity contribution in [1.82, 2.24) is 4.90 Å². The molecule has 410 valence electrons. The summed E-state index contributed by atoms with van der Waals surface area (Å²) in [6.45, 7) is 10.7. The molecule has 18 heteroatoms. The Labute approximate surface area is 446 Å². The predicted molar refractivity (Wildman–Crippen MR) is 277 cm³/mol. The fraction of sp³-hybridized carbons (Fsp3) is 0.696. The minimum Gasteiger partial charge on any atom is -0.460 e. The van der Waals surface area contributed by atoms with E-state index in [0.717, 1.165) is 5.57 Å². The summed E-state index contributed by atoms with van der Waals surface area (Å²) in [5.41, 5.74) is 1.54. The van der Waals surface area contributed by atoms with Gasteiger partial charge >= 0.3 is 5.97 Å². The third kappa shape index (κ3) is 12.4. The molecule has 16 nitrogen and oxygen atoms in total. The Balaban J connectivity index is 1.25. The number of anilines is 1. The van der Waals surface area contributed by atoms with Gasteiger partial charge in [0.2, 0.25) is 5.79 Å². The van der Waals surface area contributed by atoms with Crippen molar-refractivity contribution in [3.63, 3.8) is 0 Å². The molecule has 0 spiro atoms. The molecule has 9 aliphatic rings. The molecule has 0 aromatic heterocycles. The summed E-state index contributed by atoms with van der Waals surface area (Å²) >= 11 is 13.6. The summed E-state index contributed by atoms with van der Waals surface area (Å²) < 4.78 is 29.9. The molecule has 18 atom stereocenters. The van der Waals surface area contributed by atoms with Gasteiger partial charge in [-0.2, -0.15) is 0 Å². The summed E-state index contributed by atoms with van der Waals surface area (Å²) in [5.74, 6) is -9.35. The van der Waals surface area contributed by atoms with Gasteiger partial charge in [0.25, 0.3) is 11.7 Å². The average Bonchev–Trinajstić information content (AvgIpc) is 3.37. The standard InChI is InChI=1S/C56H78Cl2N2O14/c1-29-22-32(4)50(63)52(71-9)51(64)33(5)23-30(2)44(62)28-46-39(25-35-16-20-43(61)47(26-35)70-8)38-12-11-21-59(48(38)55(67)72-46)54(66)53(65)56(68)34(6)15-17-36(73-56)27-45(69-7)31(3)24-37-18-19-42(29)60(74-37)49-40(57)13-10-14-41(49)58/h10,13-14,18-19,23-24,29-30,32,34-39,42-43,45-48,51-52,61,64,68H,11-12,15-17,20-22,25-28H2,1-9H3/b31-24+,33-23+/t29-,30+,32+,34+,35-,36-,37+,38?,39-,42-,43+,45-,46-,47+,48-,51+,52-,56+/m0/s1. The quantitative estimate of drug-likeness (QED) is 0.145. The van der Waals surface area contributed by atoms with Crippen molar-refractivity contribution in [3.05, 3.63) is 63.7 Å². The maximum atomic E-state index is 14.7. The van der Waals surface area contributed by atoms with E-state index in [9.17, 15) is 39.3 Å². The third-order valence-electron chi connectivity index (χ3n) is 17.1. The average molecular weight is 1070 g/mol. The molecule has 74 heavy (non-hydrogen) atoms. The van der Waals surface area contributed by atoms with Crippen molar-refractivity contribution in [3.8, 4) is 0 Å². The van der Waals surface area contributed by atoms with Crippen LogP contribution in [0.2, 0.25) is 10.0 Å². The number of aliphatic hydroxyl groups excluding tert-OH is 2. The number of hydroxylamine groups is 1. The number of piperidine rings is 1. The number of Topliss-reactive ketones (excluding diaryl/α,β-unsaturated/α-hetero) is 3. The summed E-state index contributed by atoms with van der Waals surface area (Å²) in [5, 5.41) is 37.0. The lowest BCUT2D eigenvalue weighted by Gasteiger charge is -2.50. The first kappa shape index (κ1) is 58.1. The lowest BCUT2D eigenvalue weighted by Crippen LogP contribution is -2.65. The zero-order valence-electron chi connectivity index (χ0n) is 44.3. The van der Waals surface area contributed by atoms with Crippen LogP contribution in [0.4, 0.5) is 5.69 Å². The van der Waals surface area contributed by atoms with E-state index in [4.69, 9.17) is 51.7 Å². The molecule has 0 radical (unpaired) electrons. The number of amides is 1. The van der Waals surface area contributed by atoms with Crippen LogP contribution in [-0.4, -0.2) is 144 Å². The highest BCUT2D eigenvalue weighted by Crippen LogP contribution is 2.46. The molecule has 1 aliphatic carbocycles. The van der Waals surface area contributed by atoms with Crippen LogP contribution in [0.5, 0.6) is 0 Å². The number of nitrogens with zero attached hydrogens (tertiary/aromatic N) is 2. The molecule has 1 aromatic carbocycles. The monoisotopic (exact) mass is 1070 g/mol. The fourth-order valence-corrected chi connectivity index (χ4v) is 13.2. The minimum absolute atomic E-state index is 0.0281. The third-order valence-corrected chi connectivity index (χ3v) is 17.7. The van der Waals surface area contributed by atoms with E-state index in [2.05, 4.69) is 0 Å². The van der Waals surface area contributed by atoms with Gasteiger partial charge in [0.15, 0.2) is 5.78 Å². The van der Waals surface area contributed by atoms with E-state index >= 15 is 0 Å². The molecule has 1 aromatic rings. The lowest BCUT2D eigenvalue weighted by molar-refractivity contribution is -0.266. The van der Waals surface area contributed by atoms with Crippen molar-refractivity contribution >= 4 is 58.1 Å². The summed E-state index contributed by atoms with van der Waals surface area (Å²) in [7, 11) is 4.47. The highest BCUT2D eigenvalue weighted by atomic mass is 35.5. The second-order valence-electron chi connectivity index (χ2n) is 22.1. The summed E-state index contributed by atoms with van der Waals surface area (Å²) in [6, 6.07) is 3.53. The number of benzene rings is 1. The number of carbonyl (C=O) groups excluding carboxylic acids is 5. The van der Waals surface area contributed by atoms with Gasteiger partial charge in [-0.05, 0) is 119 Å². The van der Waals surface area contributed by atoms with Gasteiger partial charge < -0.3 is 43.9 Å². The maximum Gasteiger partial charge on any atom is 0.329 e. The smallest absolute Gasteiger partial charge is 0.329 e. The minimum atomic E-state index is -2.51. The zero-order chi connectivity index (χ0) is 53.9. The van der Waals surface area contributed by atoms with Gasteiger partial charge in [-0.3, -0.25) is 24.0 Å².